The molecule has 0 aliphatic heterocycles. The van der Waals surface area contributed by atoms with Gasteiger partial charge >= 0.3 is 0 Å². The quantitative estimate of drug-likeness (QED) is 0.830. The van der Waals surface area contributed by atoms with E-state index >= 15 is 0 Å². The van der Waals surface area contributed by atoms with E-state index in [9.17, 15) is 0 Å². The standard InChI is InChI=1S/C11H13N5/c1-16(11-4-2-3-6-14-11)8-10-13-7-5-9(12)15-10/h2-7H,8H2,1H3,(H2,12,13,15). The van der Waals surface area contributed by atoms with Crippen molar-refractivity contribution in [2.24, 2.45) is 0 Å². The van der Waals surface area contributed by atoms with E-state index in [0.29, 0.717) is 18.2 Å². The molecule has 0 unspecified atom stereocenters. The van der Waals surface area contributed by atoms with Gasteiger partial charge in [-0.3, -0.25) is 0 Å². The van der Waals surface area contributed by atoms with Crippen molar-refractivity contribution in [3.05, 3.63) is 42.5 Å². The van der Waals surface area contributed by atoms with Crippen LogP contribution in [0.5, 0.6) is 0 Å². The lowest BCUT2D eigenvalue weighted by Crippen LogP contribution is -2.19. The largest absolute Gasteiger partial charge is 0.384 e. The van der Waals surface area contributed by atoms with Gasteiger partial charge in [0.25, 0.3) is 0 Å². The zero-order valence-electron chi connectivity index (χ0n) is 9.04. The van der Waals surface area contributed by atoms with Crippen molar-refractivity contribution in [2.45, 2.75) is 6.54 Å². The highest BCUT2D eigenvalue weighted by Crippen LogP contribution is 2.09. The first-order valence-electron chi connectivity index (χ1n) is 4.95. The molecule has 2 rings (SSSR count). The summed E-state index contributed by atoms with van der Waals surface area (Å²) in [6, 6.07) is 7.43. The molecule has 2 N–H and O–H groups in total. The average molecular weight is 215 g/mol. The molecule has 5 heteroatoms. The number of hydrogen-bond donors (Lipinski definition) is 1. The first-order chi connectivity index (χ1) is 7.75. The van der Waals surface area contributed by atoms with E-state index < -0.39 is 0 Å². The average Bonchev–Trinajstić information content (AvgIpc) is 2.30. The van der Waals surface area contributed by atoms with Crippen LogP contribution in [0.2, 0.25) is 0 Å². The Kier molecular flexibility index (Phi) is 2.95. The Morgan fingerprint density at radius 1 is 1.19 bits per heavy atom. The van der Waals surface area contributed by atoms with E-state index in [0.717, 1.165) is 5.82 Å². The maximum Gasteiger partial charge on any atom is 0.149 e. The van der Waals surface area contributed by atoms with Gasteiger partial charge in [0.1, 0.15) is 17.5 Å². The Hall–Kier alpha value is -2.17. The van der Waals surface area contributed by atoms with Gasteiger partial charge in [-0.1, -0.05) is 6.07 Å². The van der Waals surface area contributed by atoms with Gasteiger partial charge in [0, 0.05) is 19.4 Å². The molecule has 0 aromatic carbocycles. The minimum atomic E-state index is 0.486. The zero-order valence-corrected chi connectivity index (χ0v) is 9.04. The molecule has 2 heterocycles. The van der Waals surface area contributed by atoms with Crippen LogP contribution in [0.3, 0.4) is 0 Å². The molecule has 0 fully saturated rings. The van der Waals surface area contributed by atoms with E-state index in [1.54, 1.807) is 18.5 Å². The molecule has 0 atom stereocenters. The van der Waals surface area contributed by atoms with Crippen molar-refractivity contribution in [3.8, 4) is 0 Å². The van der Waals surface area contributed by atoms with Crippen LogP contribution in [-0.4, -0.2) is 22.0 Å². The molecule has 0 aliphatic carbocycles. The van der Waals surface area contributed by atoms with Crippen molar-refractivity contribution in [1.29, 1.82) is 0 Å². The number of nitrogens with zero attached hydrogens (tertiary/aromatic N) is 4. The number of anilines is 2. The molecule has 0 saturated carbocycles. The maximum atomic E-state index is 5.59. The van der Waals surface area contributed by atoms with E-state index in [-0.39, 0.29) is 0 Å². The van der Waals surface area contributed by atoms with Crippen LogP contribution in [0, 0.1) is 0 Å². The van der Waals surface area contributed by atoms with Gasteiger partial charge in [-0.2, -0.15) is 0 Å². The SMILES string of the molecule is CN(Cc1nccc(N)n1)c1ccccn1. The third-order valence-corrected chi connectivity index (χ3v) is 2.15. The zero-order chi connectivity index (χ0) is 11.4. The number of aromatic nitrogens is 3. The molecule has 0 aliphatic rings. The van der Waals surface area contributed by atoms with E-state index in [2.05, 4.69) is 15.0 Å². The molecular formula is C11H13N5. The Balaban J connectivity index is 2.11. The second-order valence-electron chi connectivity index (χ2n) is 3.44. The topological polar surface area (TPSA) is 67.9 Å². The number of hydrogen-bond acceptors (Lipinski definition) is 5. The molecule has 0 spiro atoms. The van der Waals surface area contributed by atoms with Crippen LogP contribution in [0.25, 0.3) is 0 Å². The number of rotatable bonds is 3. The predicted molar refractivity (Wildman–Crippen MR) is 62.8 cm³/mol. The van der Waals surface area contributed by atoms with Crippen LogP contribution in [-0.2, 0) is 6.54 Å². The molecule has 0 bridgehead atoms. The normalized spacial score (nSPS) is 10.1. The minimum Gasteiger partial charge on any atom is -0.384 e. The number of pyridine rings is 1. The molecular weight excluding hydrogens is 202 g/mol. The fraction of sp³-hybridized carbons (Fsp3) is 0.182. The monoisotopic (exact) mass is 215 g/mol. The lowest BCUT2D eigenvalue weighted by Gasteiger charge is -2.16. The summed E-state index contributed by atoms with van der Waals surface area (Å²) >= 11 is 0. The molecule has 2 aromatic heterocycles. The Labute approximate surface area is 94.0 Å². The fourth-order valence-electron chi connectivity index (χ4n) is 1.36. The van der Waals surface area contributed by atoms with Crippen molar-refractivity contribution < 1.29 is 0 Å². The number of nitrogen functional groups attached to an aromatic ring is 1. The van der Waals surface area contributed by atoms with E-state index in [4.69, 9.17) is 5.73 Å². The summed E-state index contributed by atoms with van der Waals surface area (Å²) in [5.74, 6) is 2.06. The van der Waals surface area contributed by atoms with Gasteiger partial charge in [0.05, 0.1) is 6.54 Å². The van der Waals surface area contributed by atoms with E-state index in [1.165, 1.54) is 0 Å². The smallest absolute Gasteiger partial charge is 0.149 e. The van der Waals surface area contributed by atoms with Gasteiger partial charge < -0.3 is 10.6 Å². The third-order valence-electron chi connectivity index (χ3n) is 2.15. The summed E-state index contributed by atoms with van der Waals surface area (Å²) in [6.45, 7) is 0.585. The Morgan fingerprint density at radius 2 is 2.06 bits per heavy atom. The second-order valence-corrected chi connectivity index (χ2v) is 3.44. The lowest BCUT2D eigenvalue weighted by atomic mass is 10.4. The van der Waals surface area contributed by atoms with Crippen molar-refractivity contribution in [1.82, 2.24) is 15.0 Å². The van der Waals surface area contributed by atoms with Gasteiger partial charge in [0.15, 0.2) is 0 Å². The van der Waals surface area contributed by atoms with E-state index in [1.807, 2.05) is 30.1 Å². The van der Waals surface area contributed by atoms with Gasteiger partial charge in [-0.25, -0.2) is 15.0 Å². The highest BCUT2D eigenvalue weighted by molar-refractivity contribution is 5.37. The maximum absolute atomic E-state index is 5.59. The summed E-state index contributed by atoms with van der Waals surface area (Å²) in [6.07, 6.45) is 3.41. The van der Waals surface area contributed by atoms with Gasteiger partial charge in [-0.15, -0.1) is 0 Å². The summed E-state index contributed by atoms with van der Waals surface area (Å²) in [5, 5.41) is 0. The molecule has 0 amide bonds. The predicted octanol–water partition coefficient (Wildman–Crippen LogP) is 1.09. The molecule has 2 aromatic rings. The van der Waals surface area contributed by atoms with Crippen molar-refractivity contribution >= 4 is 11.6 Å². The lowest BCUT2D eigenvalue weighted by molar-refractivity contribution is 0.827. The first kappa shape index (κ1) is 10.4. The Morgan fingerprint density at radius 3 is 2.75 bits per heavy atom. The summed E-state index contributed by atoms with van der Waals surface area (Å²) in [5.41, 5.74) is 5.59. The summed E-state index contributed by atoms with van der Waals surface area (Å²) < 4.78 is 0. The second kappa shape index (κ2) is 4.57. The van der Waals surface area contributed by atoms with Gasteiger partial charge in [-0.05, 0) is 18.2 Å². The molecule has 5 nitrogen and oxygen atoms in total. The van der Waals surface area contributed by atoms with Crippen molar-refractivity contribution in [2.75, 3.05) is 17.7 Å². The van der Waals surface area contributed by atoms with Crippen LogP contribution in [0.1, 0.15) is 5.82 Å². The fourth-order valence-corrected chi connectivity index (χ4v) is 1.36. The first-order valence-corrected chi connectivity index (χ1v) is 4.95. The van der Waals surface area contributed by atoms with Crippen LogP contribution >= 0.6 is 0 Å². The molecule has 0 radical (unpaired) electrons. The molecule has 0 saturated heterocycles. The van der Waals surface area contributed by atoms with Crippen LogP contribution in [0.4, 0.5) is 11.6 Å². The highest BCUT2D eigenvalue weighted by Gasteiger charge is 2.04. The summed E-state index contributed by atoms with van der Waals surface area (Å²) in [4.78, 5) is 14.5. The Bertz CT molecular complexity index is 457. The van der Waals surface area contributed by atoms with Crippen LogP contribution in [0.15, 0.2) is 36.7 Å². The molecule has 82 valence electrons. The summed E-state index contributed by atoms with van der Waals surface area (Å²) in [7, 11) is 1.94. The molecule has 16 heavy (non-hydrogen) atoms. The van der Waals surface area contributed by atoms with Gasteiger partial charge in [0.2, 0.25) is 0 Å². The van der Waals surface area contributed by atoms with Crippen LogP contribution < -0.4 is 10.6 Å². The third kappa shape index (κ3) is 2.44. The highest BCUT2D eigenvalue weighted by atomic mass is 15.2. The van der Waals surface area contributed by atoms with Crippen molar-refractivity contribution in [3.63, 3.8) is 0 Å². The number of nitrogens with two attached hydrogens (primary N) is 1. The minimum absolute atomic E-state index is 0.486.